The molecule has 0 fully saturated rings. The van der Waals surface area contributed by atoms with Crippen molar-refractivity contribution in [1.29, 1.82) is 0 Å². The van der Waals surface area contributed by atoms with Crippen LogP contribution in [0.4, 0.5) is 4.39 Å². The summed E-state index contributed by atoms with van der Waals surface area (Å²) in [7, 11) is 0. The molecule has 2 aromatic rings. The van der Waals surface area contributed by atoms with Gasteiger partial charge in [-0.1, -0.05) is 11.6 Å². The Labute approximate surface area is 124 Å². The Morgan fingerprint density at radius 1 is 1.43 bits per heavy atom. The Morgan fingerprint density at radius 2 is 2.14 bits per heavy atom. The number of halogens is 2. The fraction of sp³-hybridized carbons (Fsp3) is 0.143. The van der Waals surface area contributed by atoms with E-state index in [9.17, 15) is 14.3 Å². The molecule has 2 N–H and O–H groups in total. The molecule has 21 heavy (non-hydrogen) atoms. The summed E-state index contributed by atoms with van der Waals surface area (Å²) in [6.07, 6.45) is 0.167. The molecule has 0 radical (unpaired) electrons. The zero-order chi connectivity index (χ0) is 15.6. The highest BCUT2D eigenvalue weighted by molar-refractivity contribution is 6.30. The van der Waals surface area contributed by atoms with Crippen LogP contribution >= 0.6 is 11.6 Å². The van der Waals surface area contributed by atoms with Gasteiger partial charge in [-0.15, -0.1) is 0 Å². The van der Waals surface area contributed by atoms with E-state index >= 15 is 0 Å². The van der Waals surface area contributed by atoms with Gasteiger partial charge in [-0.05, 0) is 31.2 Å². The zero-order valence-electron chi connectivity index (χ0n) is 10.9. The highest BCUT2D eigenvalue weighted by atomic mass is 35.5. The van der Waals surface area contributed by atoms with Crippen LogP contribution in [-0.2, 0) is 4.79 Å². The second kappa shape index (κ2) is 5.97. The van der Waals surface area contributed by atoms with Crippen LogP contribution in [-0.4, -0.2) is 27.3 Å². The van der Waals surface area contributed by atoms with Gasteiger partial charge in [-0.3, -0.25) is 4.98 Å². The Kier molecular flexibility index (Phi) is 4.28. The van der Waals surface area contributed by atoms with Crippen LogP contribution in [0.15, 0.2) is 30.5 Å². The van der Waals surface area contributed by atoms with Crippen LogP contribution in [0.2, 0.25) is 5.02 Å². The van der Waals surface area contributed by atoms with Crippen molar-refractivity contribution in [3.05, 3.63) is 41.3 Å². The average Bonchev–Trinajstić information content (AvgIpc) is 2.41. The summed E-state index contributed by atoms with van der Waals surface area (Å²) in [5, 5.41) is 18.7. The van der Waals surface area contributed by atoms with E-state index in [0.29, 0.717) is 5.56 Å². The third kappa shape index (κ3) is 3.41. The van der Waals surface area contributed by atoms with Crippen LogP contribution in [0.1, 0.15) is 6.92 Å². The maximum Gasteiger partial charge on any atom is 0.344 e. The van der Waals surface area contributed by atoms with Gasteiger partial charge in [0.25, 0.3) is 0 Å². The number of aromatic hydroxyl groups is 1. The summed E-state index contributed by atoms with van der Waals surface area (Å²) in [4.78, 5) is 14.6. The standard InChI is InChI=1S/C14H11ClFNO4/c1-7(14(19)20)21-12-3-2-8(4-11(12)18)13-10(16)5-9(15)6-17-13/h2-7,18H,1H3,(H,19,20). The number of rotatable bonds is 4. The molecule has 0 bridgehead atoms. The van der Waals surface area contributed by atoms with Crippen LogP contribution in [0.5, 0.6) is 11.5 Å². The van der Waals surface area contributed by atoms with Gasteiger partial charge in [0.15, 0.2) is 23.4 Å². The van der Waals surface area contributed by atoms with Crippen molar-refractivity contribution in [1.82, 2.24) is 4.98 Å². The molecule has 0 amide bonds. The Bertz CT molecular complexity index is 693. The van der Waals surface area contributed by atoms with Crippen molar-refractivity contribution in [2.45, 2.75) is 13.0 Å². The van der Waals surface area contributed by atoms with Gasteiger partial charge >= 0.3 is 5.97 Å². The number of pyridine rings is 1. The van der Waals surface area contributed by atoms with E-state index in [1.54, 1.807) is 0 Å². The lowest BCUT2D eigenvalue weighted by molar-refractivity contribution is -0.144. The number of benzene rings is 1. The third-order valence-corrected chi connectivity index (χ3v) is 2.90. The number of carbonyl (C=O) groups is 1. The quantitative estimate of drug-likeness (QED) is 0.907. The van der Waals surface area contributed by atoms with Crippen molar-refractivity contribution in [2.24, 2.45) is 0 Å². The summed E-state index contributed by atoms with van der Waals surface area (Å²) in [5.41, 5.74) is 0.338. The first-order valence-corrected chi connectivity index (χ1v) is 6.30. The lowest BCUT2D eigenvalue weighted by Crippen LogP contribution is -2.22. The summed E-state index contributed by atoms with van der Waals surface area (Å²) in [6, 6.07) is 5.16. The molecule has 0 aliphatic carbocycles. The molecule has 0 aliphatic heterocycles. The Hall–Kier alpha value is -2.34. The number of phenolic OH excluding ortho intramolecular Hbond substituents is 1. The molecule has 0 saturated heterocycles. The minimum atomic E-state index is -1.16. The first-order valence-electron chi connectivity index (χ1n) is 5.92. The number of hydrogen-bond acceptors (Lipinski definition) is 4. The first-order chi connectivity index (χ1) is 9.88. The number of ether oxygens (including phenoxy) is 1. The van der Waals surface area contributed by atoms with E-state index in [0.717, 1.165) is 6.07 Å². The van der Waals surface area contributed by atoms with Gasteiger partial charge in [0.05, 0.1) is 5.02 Å². The number of nitrogens with zero attached hydrogens (tertiary/aromatic N) is 1. The van der Waals surface area contributed by atoms with E-state index in [1.807, 2.05) is 0 Å². The highest BCUT2D eigenvalue weighted by Gasteiger charge is 2.16. The zero-order valence-corrected chi connectivity index (χ0v) is 11.6. The average molecular weight is 312 g/mol. The van der Waals surface area contributed by atoms with Gasteiger partial charge in [-0.25, -0.2) is 9.18 Å². The van der Waals surface area contributed by atoms with Gasteiger partial charge in [0, 0.05) is 11.8 Å². The molecule has 0 spiro atoms. The predicted octanol–water partition coefficient (Wildman–Crippen LogP) is 3.10. The Balaban J connectivity index is 2.32. The molecular formula is C14H11ClFNO4. The van der Waals surface area contributed by atoms with Crippen LogP contribution in [0.3, 0.4) is 0 Å². The second-order valence-corrected chi connectivity index (χ2v) is 4.70. The summed E-state index contributed by atoms with van der Waals surface area (Å²) < 4.78 is 18.8. The molecule has 0 aliphatic rings. The topological polar surface area (TPSA) is 79.7 Å². The number of aliphatic carboxylic acids is 1. The van der Waals surface area contributed by atoms with Gasteiger partial charge < -0.3 is 14.9 Å². The number of carboxylic acid groups (broad SMARTS) is 1. The molecule has 1 unspecified atom stereocenters. The van der Waals surface area contributed by atoms with Crippen molar-refractivity contribution >= 4 is 17.6 Å². The maximum absolute atomic E-state index is 13.7. The van der Waals surface area contributed by atoms with Crippen LogP contribution in [0, 0.1) is 5.82 Å². The first kappa shape index (κ1) is 15.1. The summed E-state index contributed by atoms with van der Waals surface area (Å²) >= 11 is 5.62. The monoisotopic (exact) mass is 311 g/mol. The molecule has 7 heteroatoms. The largest absolute Gasteiger partial charge is 0.504 e. The molecule has 1 atom stereocenters. The van der Waals surface area contributed by atoms with E-state index in [4.69, 9.17) is 21.4 Å². The van der Waals surface area contributed by atoms with E-state index in [1.165, 1.54) is 31.3 Å². The van der Waals surface area contributed by atoms with E-state index < -0.39 is 17.9 Å². The Morgan fingerprint density at radius 3 is 2.71 bits per heavy atom. The normalized spacial score (nSPS) is 12.0. The van der Waals surface area contributed by atoms with Crippen molar-refractivity contribution in [3.8, 4) is 22.8 Å². The fourth-order valence-electron chi connectivity index (χ4n) is 1.63. The van der Waals surface area contributed by atoms with Crippen LogP contribution < -0.4 is 4.74 Å². The summed E-state index contributed by atoms with van der Waals surface area (Å²) in [6.45, 7) is 1.33. The maximum atomic E-state index is 13.7. The SMILES string of the molecule is CC(Oc1ccc(-c2ncc(Cl)cc2F)cc1O)C(=O)O. The number of aromatic nitrogens is 1. The van der Waals surface area contributed by atoms with Crippen LogP contribution in [0.25, 0.3) is 11.3 Å². The third-order valence-electron chi connectivity index (χ3n) is 2.69. The molecule has 5 nitrogen and oxygen atoms in total. The molecule has 0 saturated carbocycles. The molecular weight excluding hydrogens is 301 g/mol. The van der Waals surface area contributed by atoms with Gasteiger partial charge in [-0.2, -0.15) is 0 Å². The second-order valence-electron chi connectivity index (χ2n) is 4.26. The number of phenols is 1. The molecule has 110 valence electrons. The number of carboxylic acids is 1. The van der Waals surface area contributed by atoms with Crippen molar-refractivity contribution in [2.75, 3.05) is 0 Å². The smallest absolute Gasteiger partial charge is 0.344 e. The minimum absolute atomic E-state index is 0.0111. The van der Waals surface area contributed by atoms with Gasteiger partial charge in [0.2, 0.25) is 0 Å². The molecule has 1 aromatic carbocycles. The van der Waals surface area contributed by atoms with E-state index in [-0.39, 0.29) is 22.2 Å². The minimum Gasteiger partial charge on any atom is -0.504 e. The van der Waals surface area contributed by atoms with Crippen molar-refractivity contribution < 1.29 is 24.1 Å². The molecule has 1 heterocycles. The lowest BCUT2D eigenvalue weighted by atomic mass is 10.1. The molecule has 2 rings (SSSR count). The fourth-order valence-corrected chi connectivity index (χ4v) is 1.78. The highest BCUT2D eigenvalue weighted by Crippen LogP contribution is 2.32. The summed E-state index contributed by atoms with van der Waals surface area (Å²) in [5.74, 6) is -2.11. The van der Waals surface area contributed by atoms with Gasteiger partial charge in [0.1, 0.15) is 5.69 Å². The number of hydrogen-bond donors (Lipinski definition) is 2. The van der Waals surface area contributed by atoms with Crippen molar-refractivity contribution in [3.63, 3.8) is 0 Å². The van der Waals surface area contributed by atoms with E-state index in [2.05, 4.69) is 4.98 Å². The molecule has 1 aromatic heterocycles. The lowest BCUT2D eigenvalue weighted by Gasteiger charge is -2.12. The predicted molar refractivity (Wildman–Crippen MR) is 74.0 cm³/mol.